The number of carbonyl (C=O) groups is 1. The smallest absolute Gasteiger partial charge is 0.157 e. The van der Waals surface area contributed by atoms with Crippen molar-refractivity contribution in [2.24, 2.45) is 5.92 Å². The molecule has 0 bridgehead atoms. The van der Waals surface area contributed by atoms with E-state index in [0.29, 0.717) is 12.3 Å². The van der Waals surface area contributed by atoms with Crippen molar-refractivity contribution in [1.29, 1.82) is 0 Å². The van der Waals surface area contributed by atoms with Crippen LogP contribution in [0.15, 0.2) is 0 Å². The highest BCUT2D eigenvalue weighted by molar-refractivity contribution is 7.99. The first kappa shape index (κ1) is 13.0. The van der Waals surface area contributed by atoms with E-state index in [4.69, 9.17) is 0 Å². The molecule has 0 aliphatic carbocycles. The second-order valence-corrected chi connectivity index (χ2v) is 7.79. The molecule has 15 heavy (non-hydrogen) atoms. The average Bonchev–Trinajstić information content (AvgIpc) is 2.16. The fourth-order valence-corrected chi connectivity index (χ4v) is 3.42. The highest BCUT2D eigenvalue weighted by atomic mass is 32.2. The largest absolute Gasteiger partial charge is 0.298 e. The van der Waals surface area contributed by atoms with E-state index in [1.54, 1.807) is 0 Å². The number of ketones is 1. The number of Topliss-reactive ketones (excluding diaryl/α,β-unsaturated/α-hetero) is 1. The SMILES string of the molecule is CC(C(=O)CC1CCSCC1)S(C)(=O)=O. The summed E-state index contributed by atoms with van der Waals surface area (Å²) in [6, 6.07) is 0. The Balaban J connectivity index is 2.47. The van der Waals surface area contributed by atoms with Crippen molar-refractivity contribution in [3.63, 3.8) is 0 Å². The van der Waals surface area contributed by atoms with E-state index in [9.17, 15) is 13.2 Å². The third-order valence-corrected chi connectivity index (χ3v) is 5.52. The number of carbonyl (C=O) groups excluding carboxylic acids is 1. The van der Waals surface area contributed by atoms with Crippen molar-refractivity contribution in [2.75, 3.05) is 17.8 Å². The van der Waals surface area contributed by atoms with Gasteiger partial charge >= 0.3 is 0 Å². The number of hydrogen-bond acceptors (Lipinski definition) is 4. The predicted octanol–water partition coefficient (Wildman–Crippen LogP) is 1.52. The Morgan fingerprint density at radius 1 is 1.40 bits per heavy atom. The fraction of sp³-hybridized carbons (Fsp3) is 0.900. The van der Waals surface area contributed by atoms with Gasteiger partial charge in [-0.25, -0.2) is 8.42 Å². The third kappa shape index (κ3) is 4.15. The molecule has 0 spiro atoms. The first-order chi connectivity index (χ1) is 6.91. The molecule has 1 rings (SSSR count). The maximum atomic E-state index is 11.7. The van der Waals surface area contributed by atoms with Crippen LogP contribution in [0.4, 0.5) is 0 Å². The Kier molecular flexibility index (Phi) is 4.64. The maximum absolute atomic E-state index is 11.7. The van der Waals surface area contributed by atoms with Crippen LogP contribution in [-0.4, -0.2) is 37.2 Å². The zero-order valence-corrected chi connectivity index (χ0v) is 10.9. The summed E-state index contributed by atoms with van der Waals surface area (Å²) in [5.41, 5.74) is 0. The minimum absolute atomic E-state index is 0.116. The zero-order valence-electron chi connectivity index (χ0n) is 9.23. The van der Waals surface area contributed by atoms with Crippen LogP contribution in [0, 0.1) is 5.92 Å². The van der Waals surface area contributed by atoms with Gasteiger partial charge in [0.15, 0.2) is 15.6 Å². The summed E-state index contributed by atoms with van der Waals surface area (Å²) in [6.07, 6.45) is 3.67. The van der Waals surface area contributed by atoms with Gasteiger partial charge < -0.3 is 0 Å². The van der Waals surface area contributed by atoms with Gasteiger partial charge in [0.25, 0.3) is 0 Å². The second kappa shape index (κ2) is 5.34. The van der Waals surface area contributed by atoms with E-state index in [1.807, 2.05) is 11.8 Å². The highest BCUT2D eigenvalue weighted by Gasteiger charge is 2.26. The van der Waals surface area contributed by atoms with Crippen molar-refractivity contribution in [3.05, 3.63) is 0 Å². The van der Waals surface area contributed by atoms with Crippen molar-refractivity contribution in [3.8, 4) is 0 Å². The molecular formula is C10H18O3S2. The number of hydrogen-bond donors (Lipinski definition) is 0. The molecule has 0 N–H and O–H groups in total. The molecule has 1 atom stereocenters. The molecule has 0 aromatic heterocycles. The molecule has 3 nitrogen and oxygen atoms in total. The topological polar surface area (TPSA) is 51.2 Å². The van der Waals surface area contributed by atoms with Gasteiger partial charge in [0.2, 0.25) is 0 Å². The van der Waals surface area contributed by atoms with Crippen LogP contribution >= 0.6 is 11.8 Å². The highest BCUT2D eigenvalue weighted by Crippen LogP contribution is 2.26. The van der Waals surface area contributed by atoms with Crippen LogP contribution < -0.4 is 0 Å². The van der Waals surface area contributed by atoms with Crippen LogP contribution in [-0.2, 0) is 14.6 Å². The Bertz CT molecular complexity index is 316. The molecule has 0 amide bonds. The van der Waals surface area contributed by atoms with Crippen molar-refractivity contribution in [2.45, 2.75) is 31.4 Å². The van der Waals surface area contributed by atoms with Crippen LogP contribution in [0.25, 0.3) is 0 Å². The lowest BCUT2D eigenvalue weighted by Crippen LogP contribution is -2.28. The van der Waals surface area contributed by atoms with E-state index >= 15 is 0 Å². The minimum Gasteiger partial charge on any atom is -0.298 e. The van der Waals surface area contributed by atoms with Crippen LogP contribution in [0.5, 0.6) is 0 Å². The normalized spacial score (nSPS) is 21.2. The molecule has 0 radical (unpaired) electrons. The van der Waals surface area contributed by atoms with Gasteiger partial charge in [-0.2, -0.15) is 11.8 Å². The number of rotatable bonds is 4. The van der Waals surface area contributed by atoms with Crippen LogP contribution in [0.2, 0.25) is 0 Å². The van der Waals surface area contributed by atoms with Crippen molar-refractivity contribution in [1.82, 2.24) is 0 Å². The van der Waals surface area contributed by atoms with Gasteiger partial charge in [-0.1, -0.05) is 0 Å². The fourth-order valence-electron chi connectivity index (χ4n) is 1.64. The van der Waals surface area contributed by atoms with Gasteiger partial charge in [0.05, 0.1) is 0 Å². The van der Waals surface area contributed by atoms with Gasteiger partial charge in [0, 0.05) is 12.7 Å². The number of sulfone groups is 1. The molecule has 1 aliphatic rings. The maximum Gasteiger partial charge on any atom is 0.157 e. The number of thioether (sulfide) groups is 1. The standard InChI is InChI=1S/C10H18O3S2/c1-8(15(2,12)13)10(11)7-9-3-5-14-6-4-9/h8-9H,3-7H2,1-2H3. The summed E-state index contributed by atoms with van der Waals surface area (Å²) in [7, 11) is -3.21. The van der Waals surface area contributed by atoms with E-state index in [0.717, 1.165) is 30.6 Å². The quantitative estimate of drug-likeness (QED) is 0.759. The van der Waals surface area contributed by atoms with Crippen molar-refractivity contribution >= 4 is 27.4 Å². The minimum atomic E-state index is -3.21. The zero-order chi connectivity index (χ0) is 11.5. The first-order valence-electron chi connectivity index (χ1n) is 5.20. The van der Waals surface area contributed by atoms with Crippen LogP contribution in [0.1, 0.15) is 26.2 Å². The summed E-state index contributed by atoms with van der Waals surface area (Å²) in [6.45, 7) is 1.50. The molecule has 1 aliphatic heterocycles. The molecule has 1 fully saturated rings. The third-order valence-electron chi connectivity index (χ3n) is 2.93. The van der Waals surface area contributed by atoms with Gasteiger partial charge in [-0.05, 0) is 37.2 Å². The molecule has 0 aromatic carbocycles. The molecule has 5 heteroatoms. The lowest BCUT2D eigenvalue weighted by atomic mass is 9.95. The predicted molar refractivity (Wildman–Crippen MR) is 64.0 cm³/mol. The Morgan fingerprint density at radius 3 is 2.40 bits per heavy atom. The molecule has 1 saturated heterocycles. The first-order valence-corrected chi connectivity index (χ1v) is 8.31. The lowest BCUT2D eigenvalue weighted by Gasteiger charge is -2.21. The monoisotopic (exact) mass is 250 g/mol. The molecule has 1 unspecified atom stereocenters. The lowest BCUT2D eigenvalue weighted by molar-refractivity contribution is -0.119. The molecular weight excluding hydrogens is 232 g/mol. The molecule has 0 saturated carbocycles. The summed E-state index contributed by atoms with van der Waals surface area (Å²) >= 11 is 1.91. The molecule has 1 heterocycles. The van der Waals surface area contributed by atoms with Gasteiger partial charge in [-0.15, -0.1) is 0 Å². The summed E-state index contributed by atoms with van der Waals surface area (Å²) < 4.78 is 22.4. The summed E-state index contributed by atoms with van der Waals surface area (Å²) in [5, 5.41) is -0.827. The molecule has 0 aromatic rings. The van der Waals surface area contributed by atoms with Gasteiger partial charge in [0.1, 0.15) is 5.25 Å². The summed E-state index contributed by atoms with van der Waals surface area (Å²) in [5.74, 6) is 2.49. The van der Waals surface area contributed by atoms with E-state index < -0.39 is 15.1 Å². The second-order valence-electron chi connectivity index (χ2n) is 4.20. The Labute approximate surface area is 95.9 Å². The van der Waals surface area contributed by atoms with E-state index in [1.165, 1.54) is 6.92 Å². The van der Waals surface area contributed by atoms with E-state index in [2.05, 4.69) is 0 Å². The van der Waals surface area contributed by atoms with Gasteiger partial charge in [-0.3, -0.25) is 4.79 Å². The van der Waals surface area contributed by atoms with E-state index in [-0.39, 0.29) is 5.78 Å². The summed E-state index contributed by atoms with van der Waals surface area (Å²) in [4.78, 5) is 11.7. The average molecular weight is 250 g/mol. The van der Waals surface area contributed by atoms with Crippen molar-refractivity contribution < 1.29 is 13.2 Å². The Morgan fingerprint density at radius 2 is 1.93 bits per heavy atom. The molecule has 88 valence electrons. The Hall–Kier alpha value is -0.0300. The van der Waals surface area contributed by atoms with Crippen LogP contribution in [0.3, 0.4) is 0 Å².